The van der Waals surface area contributed by atoms with E-state index in [0.29, 0.717) is 23.0 Å². The highest BCUT2D eigenvalue weighted by Crippen LogP contribution is 2.29. The Labute approximate surface area is 166 Å². The number of aromatic nitrogens is 2. The van der Waals surface area contributed by atoms with Crippen LogP contribution in [0, 0.1) is 0 Å². The minimum atomic E-state index is -4.29. The molecule has 154 valence electrons. The largest absolute Gasteiger partial charge is 0.494 e. The molecule has 0 unspecified atom stereocenters. The molecule has 1 N–H and O–H groups in total. The van der Waals surface area contributed by atoms with E-state index in [4.69, 9.17) is 4.74 Å². The third-order valence-corrected chi connectivity index (χ3v) is 4.56. The van der Waals surface area contributed by atoms with Gasteiger partial charge in [0.1, 0.15) is 5.75 Å². The van der Waals surface area contributed by atoms with Gasteiger partial charge in [-0.05, 0) is 31.2 Å². The number of hydrogen-bond acceptors (Lipinski definition) is 6. The van der Waals surface area contributed by atoms with Gasteiger partial charge in [-0.1, -0.05) is 11.3 Å². The van der Waals surface area contributed by atoms with Crippen molar-refractivity contribution in [2.24, 2.45) is 0 Å². The predicted molar refractivity (Wildman–Crippen MR) is 99.4 cm³/mol. The van der Waals surface area contributed by atoms with Gasteiger partial charge < -0.3 is 9.47 Å². The van der Waals surface area contributed by atoms with E-state index < -0.39 is 24.9 Å². The minimum absolute atomic E-state index is 0.118. The predicted octanol–water partition coefficient (Wildman–Crippen LogP) is 4.62. The zero-order valence-corrected chi connectivity index (χ0v) is 15.8. The third-order valence-electron chi connectivity index (χ3n) is 3.62. The summed E-state index contributed by atoms with van der Waals surface area (Å²) in [7, 11) is 0. The summed E-state index contributed by atoms with van der Waals surface area (Å²) in [5.74, 6) is -4.41. The van der Waals surface area contributed by atoms with Crippen molar-refractivity contribution >= 4 is 32.6 Å². The smallest absolute Gasteiger partial charge is 0.340 e. The van der Waals surface area contributed by atoms with Crippen LogP contribution in [0.5, 0.6) is 11.6 Å². The summed E-state index contributed by atoms with van der Waals surface area (Å²) < 4.78 is 60.8. The highest BCUT2D eigenvalue weighted by Gasteiger charge is 2.41. The number of alkyl halides is 4. The second-order valence-electron chi connectivity index (χ2n) is 5.77. The van der Waals surface area contributed by atoms with E-state index in [-0.39, 0.29) is 11.4 Å². The lowest BCUT2D eigenvalue weighted by molar-refractivity contribution is -0.148. The van der Waals surface area contributed by atoms with Gasteiger partial charge in [0.05, 0.1) is 22.4 Å². The van der Waals surface area contributed by atoms with Crippen molar-refractivity contribution in [1.29, 1.82) is 0 Å². The molecule has 6 nitrogen and oxygen atoms in total. The number of halogens is 4. The summed E-state index contributed by atoms with van der Waals surface area (Å²) >= 11 is 1.25. The van der Waals surface area contributed by atoms with Gasteiger partial charge in [-0.15, -0.1) is 0 Å². The molecule has 11 heteroatoms. The summed E-state index contributed by atoms with van der Waals surface area (Å²) in [5.41, 5.74) is 0.808. The number of anilines is 1. The molecule has 2 heterocycles. The number of rotatable bonds is 8. The number of amides is 1. The van der Waals surface area contributed by atoms with Crippen LogP contribution in [-0.2, 0) is 0 Å². The van der Waals surface area contributed by atoms with Crippen molar-refractivity contribution in [3.8, 4) is 11.6 Å². The van der Waals surface area contributed by atoms with Crippen molar-refractivity contribution in [2.75, 3.05) is 18.5 Å². The summed E-state index contributed by atoms with van der Waals surface area (Å²) in [4.78, 5) is 20.3. The molecule has 0 saturated carbocycles. The molecule has 1 aromatic carbocycles. The number of nitrogens with zero attached hydrogens (tertiary/aromatic N) is 2. The molecule has 3 aromatic rings. The van der Waals surface area contributed by atoms with Crippen LogP contribution in [0.25, 0.3) is 10.2 Å². The van der Waals surface area contributed by atoms with Gasteiger partial charge in [-0.2, -0.15) is 8.78 Å². The van der Waals surface area contributed by atoms with Crippen molar-refractivity contribution in [3.05, 3.63) is 42.1 Å². The highest BCUT2D eigenvalue weighted by molar-refractivity contribution is 7.22. The Balaban J connectivity index is 1.64. The van der Waals surface area contributed by atoms with E-state index in [1.807, 2.05) is 13.0 Å². The van der Waals surface area contributed by atoms with Crippen molar-refractivity contribution in [2.45, 2.75) is 19.3 Å². The quantitative estimate of drug-likeness (QED) is 0.529. The monoisotopic (exact) mass is 429 g/mol. The van der Waals surface area contributed by atoms with Gasteiger partial charge >= 0.3 is 12.3 Å². The maximum atomic E-state index is 12.9. The molecule has 0 aliphatic carbocycles. The fraction of sp³-hybridized carbons (Fsp3) is 0.278. The lowest BCUT2D eigenvalue weighted by Crippen LogP contribution is -2.33. The molecule has 2 aromatic heterocycles. The lowest BCUT2D eigenvalue weighted by atomic mass is 10.3. The number of fused-ring (bicyclic) bond motifs is 1. The standard InChI is InChI=1S/C18H15F4N3O3S/c1-2-27-11-4-5-12-13(7-11)29-17(24-12)25-15(26)10-3-6-14(23-8-10)28-9-18(21,22)16(19)20/h3-8,16H,2,9H2,1H3,(H,24,25,26). The lowest BCUT2D eigenvalue weighted by Gasteiger charge is -2.15. The number of carbonyl (C=O) groups excluding carboxylic acids is 1. The second-order valence-corrected chi connectivity index (χ2v) is 6.80. The first-order valence-corrected chi connectivity index (χ1v) is 9.19. The van der Waals surface area contributed by atoms with Gasteiger partial charge in [0.2, 0.25) is 5.88 Å². The molecule has 0 saturated heterocycles. The summed E-state index contributed by atoms with van der Waals surface area (Å²) in [5, 5.41) is 2.97. The maximum Gasteiger partial charge on any atom is 0.340 e. The third kappa shape index (κ3) is 5.11. The summed E-state index contributed by atoms with van der Waals surface area (Å²) in [6.07, 6.45) is -2.75. The van der Waals surface area contributed by atoms with Gasteiger partial charge in [-0.3, -0.25) is 10.1 Å². The number of pyridine rings is 1. The molecule has 0 aliphatic rings. The molecule has 0 atom stereocenters. The topological polar surface area (TPSA) is 73.3 Å². The van der Waals surface area contributed by atoms with Crippen LogP contribution in [0.3, 0.4) is 0 Å². The normalized spacial score (nSPS) is 11.7. The van der Waals surface area contributed by atoms with Gasteiger partial charge in [0.25, 0.3) is 5.91 Å². The van der Waals surface area contributed by atoms with Gasteiger partial charge in [0, 0.05) is 12.3 Å². The molecule has 1 amide bonds. The molecular weight excluding hydrogens is 414 g/mol. The van der Waals surface area contributed by atoms with Crippen LogP contribution in [0.4, 0.5) is 22.7 Å². The van der Waals surface area contributed by atoms with E-state index >= 15 is 0 Å². The molecule has 0 aliphatic heterocycles. The number of hydrogen-bond donors (Lipinski definition) is 1. The molecule has 0 spiro atoms. The van der Waals surface area contributed by atoms with Crippen molar-refractivity contribution in [3.63, 3.8) is 0 Å². The first-order chi connectivity index (χ1) is 13.8. The number of ether oxygens (including phenoxy) is 2. The molecule has 0 fully saturated rings. The molecular formula is C18H15F4N3O3S. The Morgan fingerprint density at radius 2 is 2.03 bits per heavy atom. The fourth-order valence-corrected chi connectivity index (χ4v) is 3.11. The van der Waals surface area contributed by atoms with Crippen molar-refractivity contribution < 1.29 is 31.8 Å². The first-order valence-electron chi connectivity index (χ1n) is 8.38. The Kier molecular flexibility index (Phi) is 6.16. The van der Waals surface area contributed by atoms with Gasteiger partial charge in [-0.25, -0.2) is 18.7 Å². The van der Waals surface area contributed by atoms with Crippen LogP contribution < -0.4 is 14.8 Å². The zero-order valence-electron chi connectivity index (χ0n) is 15.0. The molecule has 29 heavy (non-hydrogen) atoms. The molecule has 3 rings (SSSR count). The van der Waals surface area contributed by atoms with E-state index in [2.05, 4.69) is 20.0 Å². The number of benzene rings is 1. The van der Waals surface area contributed by atoms with E-state index in [9.17, 15) is 22.4 Å². The Morgan fingerprint density at radius 3 is 2.69 bits per heavy atom. The number of carbonyl (C=O) groups is 1. The van der Waals surface area contributed by atoms with Crippen LogP contribution in [-0.4, -0.2) is 41.4 Å². The van der Waals surface area contributed by atoms with E-state index in [1.165, 1.54) is 17.4 Å². The zero-order chi connectivity index (χ0) is 21.0. The van der Waals surface area contributed by atoms with E-state index in [1.54, 1.807) is 12.1 Å². The minimum Gasteiger partial charge on any atom is -0.494 e. The van der Waals surface area contributed by atoms with Crippen LogP contribution in [0.1, 0.15) is 17.3 Å². The molecule has 0 bridgehead atoms. The average molecular weight is 429 g/mol. The summed E-state index contributed by atoms with van der Waals surface area (Å²) in [6.45, 7) is 0.885. The SMILES string of the molecule is CCOc1ccc2nc(NC(=O)c3ccc(OCC(F)(F)C(F)F)nc3)sc2c1. The highest BCUT2D eigenvalue weighted by atomic mass is 32.1. The van der Waals surface area contributed by atoms with E-state index in [0.717, 1.165) is 17.0 Å². The van der Waals surface area contributed by atoms with Crippen LogP contribution >= 0.6 is 11.3 Å². The Morgan fingerprint density at radius 1 is 1.24 bits per heavy atom. The number of thiazole rings is 1. The first kappa shape index (κ1) is 20.8. The average Bonchev–Trinajstić information content (AvgIpc) is 3.08. The fourth-order valence-electron chi connectivity index (χ4n) is 2.22. The Bertz CT molecular complexity index is 996. The van der Waals surface area contributed by atoms with Gasteiger partial charge in [0.15, 0.2) is 11.7 Å². The van der Waals surface area contributed by atoms with Crippen molar-refractivity contribution in [1.82, 2.24) is 9.97 Å². The second kappa shape index (κ2) is 8.60. The Hall–Kier alpha value is -2.95. The molecule has 0 radical (unpaired) electrons. The maximum absolute atomic E-state index is 12.9. The summed E-state index contributed by atoms with van der Waals surface area (Å²) in [6, 6.07) is 7.78. The number of nitrogens with one attached hydrogen (secondary N) is 1. The van der Waals surface area contributed by atoms with Crippen LogP contribution in [0.2, 0.25) is 0 Å². The van der Waals surface area contributed by atoms with Crippen LogP contribution in [0.15, 0.2) is 36.5 Å².